The third-order valence-corrected chi connectivity index (χ3v) is 3.70. The third kappa shape index (κ3) is 4.31. The lowest BCUT2D eigenvalue weighted by atomic mass is 10.5. The highest BCUT2D eigenvalue weighted by molar-refractivity contribution is 7.89. The zero-order valence-corrected chi connectivity index (χ0v) is 11.9. The van der Waals surface area contributed by atoms with Gasteiger partial charge >= 0.3 is 5.97 Å². The van der Waals surface area contributed by atoms with E-state index in [9.17, 15) is 18.0 Å². The van der Waals surface area contributed by atoms with Crippen molar-refractivity contribution >= 4 is 21.9 Å². The van der Waals surface area contributed by atoms with Crippen LogP contribution in [-0.4, -0.2) is 48.0 Å². The van der Waals surface area contributed by atoms with Gasteiger partial charge in [0.15, 0.2) is 5.03 Å². The molecule has 0 unspecified atom stereocenters. The van der Waals surface area contributed by atoms with Crippen LogP contribution in [0.1, 0.15) is 12.7 Å². The second-order valence-electron chi connectivity index (χ2n) is 3.91. The van der Waals surface area contributed by atoms with Gasteiger partial charge in [0.05, 0.1) is 6.54 Å². The lowest BCUT2D eigenvalue weighted by molar-refractivity contribution is -0.137. The molecule has 10 heteroatoms. The maximum absolute atomic E-state index is 11.9. The van der Waals surface area contributed by atoms with Gasteiger partial charge in [-0.2, -0.15) is 0 Å². The summed E-state index contributed by atoms with van der Waals surface area (Å²) < 4.78 is 27.5. The molecule has 0 bridgehead atoms. The molecule has 0 saturated carbocycles. The van der Waals surface area contributed by atoms with Crippen molar-refractivity contribution in [3.8, 4) is 0 Å². The molecule has 20 heavy (non-hydrogen) atoms. The maximum Gasteiger partial charge on any atom is 0.322 e. The van der Waals surface area contributed by atoms with Crippen molar-refractivity contribution in [3.63, 3.8) is 0 Å². The lowest BCUT2D eigenvalue weighted by Gasteiger charge is -2.04. The van der Waals surface area contributed by atoms with Gasteiger partial charge in [-0.25, -0.2) is 18.1 Å². The fraction of sp³-hybridized carbons (Fsp3) is 0.500. The van der Waals surface area contributed by atoms with E-state index < -0.39 is 35.0 Å². The van der Waals surface area contributed by atoms with Crippen molar-refractivity contribution in [2.24, 2.45) is 0 Å². The average molecular weight is 304 g/mol. The minimum absolute atomic E-state index is 0.178. The first-order chi connectivity index (χ1) is 9.26. The zero-order chi connectivity index (χ0) is 15.3. The van der Waals surface area contributed by atoms with Gasteiger partial charge in [0.1, 0.15) is 12.4 Å². The van der Waals surface area contributed by atoms with Crippen LogP contribution in [0.15, 0.2) is 11.2 Å². The molecular formula is C10H16N4O5S. The van der Waals surface area contributed by atoms with Gasteiger partial charge in [0.25, 0.3) is 10.0 Å². The Morgan fingerprint density at radius 2 is 2.05 bits per heavy atom. The number of imidazole rings is 1. The molecule has 0 radical (unpaired) electrons. The number of nitrogens with zero attached hydrogens (tertiary/aromatic N) is 2. The van der Waals surface area contributed by atoms with E-state index in [0.29, 0.717) is 12.4 Å². The van der Waals surface area contributed by atoms with Crippen LogP contribution in [0, 0.1) is 6.92 Å². The Bertz CT molecular complexity index is 607. The standard InChI is InChI=1S/C10H16N4O5S/c1-3-14-6-9(13-7(14)2)20(18,19)12-4-8(15)11-5-10(16)17/h6,12H,3-5H2,1-2H3,(H,11,15)(H,16,17). The number of nitrogens with one attached hydrogen (secondary N) is 2. The average Bonchev–Trinajstić information content (AvgIpc) is 2.76. The van der Waals surface area contributed by atoms with E-state index in [2.05, 4.69) is 9.71 Å². The highest BCUT2D eigenvalue weighted by Gasteiger charge is 2.19. The number of carbonyl (C=O) groups excluding carboxylic acids is 1. The van der Waals surface area contributed by atoms with Crippen LogP contribution in [0.2, 0.25) is 0 Å². The molecule has 1 rings (SSSR count). The smallest absolute Gasteiger partial charge is 0.322 e. The molecule has 0 aromatic carbocycles. The topological polar surface area (TPSA) is 130 Å². The number of rotatable bonds is 7. The van der Waals surface area contributed by atoms with Crippen molar-refractivity contribution in [2.45, 2.75) is 25.4 Å². The summed E-state index contributed by atoms with van der Waals surface area (Å²) in [6, 6.07) is 0. The van der Waals surface area contributed by atoms with E-state index in [1.165, 1.54) is 6.20 Å². The van der Waals surface area contributed by atoms with Crippen molar-refractivity contribution in [1.82, 2.24) is 19.6 Å². The summed E-state index contributed by atoms with van der Waals surface area (Å²) >= 11 is 0. The highest BCUT2D eigenvalue weighted by Crippen LogP contribution is 2.08. The normalized spacial score (nSPS) is 11.3. The zero-order valence-electron chi connectivity index (χ0n) is 11.1. The molecule has 0 saturated heterocycles. The van der Waals surface area contributed by atoms with Crippen LogP contribution < -0.4 is 10.0 Å². The molecule has 1 aromatic rings. The largest absolute Gasteiger partial charge is 0.480 e. The Balaban J connectivity index is 2.65. The fourth-order valence-electron chi connectivity index (χ4n) is 1.40. The summed E-state index contributed by atoms with van der Waals surface area (Å²) in [5, 5.41) is 10.2. The fourth-order valence-corrected chi connectivity index (χ4v) is 2.39. The Hall–Kier alpha value is -1.94. The van der Waals surface area contributed by atoms with Crippen molar-refractivity contribution in [1.29, 1.82) is 0 Å². The van der Waals surface area contributed by atoms with Crippen molar-refractivity contribution in [3.05, 3.63) is 12.0 Å². The monoisotopic (exact) mass is 304 g/mol. The van der Waals surface area contributed by atoms with Gasteiger partial charge in [-0.05, 0) is 13.8 Å². The van der Waals surface area contributed by atoms with Gasteiger partial charge in [-0.15, -0.1) is 0 Å². The van der Waals surface area contributed by atoms with E-state index in [4.69, 9.17) is 5.11 Å². The molecule has 9 nitrogen and oxygen atoms in total. The highest BCUT2D eigenvalue weighted by atomic mass is 32.2. The quantitative estimate of drug-likeness (QED) is 0.573. The molecule has 112 valence electrons. The summed E-state index contributed by atoms with van der Waals surface area (Å²) in [5.41, 5.74) is 0. The lowest BCUT2D eigenvalue weighted by Crippen LogP contribution is -2.39. The molecule has 0 aliphatic rings. The number of aromatic nitrogens is 2. The number of hydrogen-bond donors (Lipinski definition) is 3. The number of carbonyl (C=O) groups is 2. The summed E-state index contributed by atoms with van der Waals surface area (Å²) in [5.74, 6) is -1.40. The molecule has 1 aromatic heterocycles. The summed E-state index contributed by atoms with van der Waals surface area (Å²) in [6.45, 7) is 2.98. The van der Waals surface area contributed by atoms with E-state index in [-0.39, 0.29) is 5.03 Å². The Morgan fingerprint density at radius 1 is 1.40 bits per heavy atom. The third-order valence-electron chi connectivity index (χ3n) is 2.43. The number of hydrogen-bond acceptors (Lipinski definition) is 5. The van der Waals surface area contributed by atoms with Crippen LogP contribution in [0.3, 0.4) is 0 Å². The SMILES string of the molecule is CCn1cc(S(=O)(=O)NCC(=O)NCC(=O)O)nc1C. The van der Waals surface area contributed by atoms with Gasteiger partial charge in [-0.3, -0.25) is 9.59 Å². The molecule has 0 atom stereocenters. The molecule has 0 aliphatic heterocycles. The van der Waals surface area contributed by atoms with Crippen molar-refractivity contribution < 1.29 is 23.1 Å². The number of sulfonamides is 1. The van der Waals surface area contributed by atoms with Crippen LogP contribution in [-0.2, 0) is 26.2 Å². The van der Waals surface area contributed by atoms with Crippen LogP contribution >= 0.6 is 0 Å². The molecule has 3 N–H and O–H groups in total. The number of amides is 1. The first kappa shape index (κ1) is 16.1. The van der Waals surface area contributed by atoms with Crippen LogP contribution in [0.4, 0.5) is 0 Å². The van der Waals surface area contributed by atoms with Gasteiger partial charge in [-0.1, -0.05) is 0 Å². The minimum atomic E-state index is -3.90. The Morgan fingerprint density at radius 3 is 2.55 bits per heavy atom. The molecule has 0 fully saturated rings. The molecule has 1 heterocycles. The molecular weight excluding hydrogens is 288 g/mol. The van der Waals surface area contributed by atoms with Crippen LogP contribution in [0.25, 0.3) is 0 Å². The second kappa shape index (κ2) is 6.48. The Labute approximate surface area is 116 Å². The number of aryl methyl sites for hydroxylation is 2. The van der Waals surface area contributed by atoms with E-state index in [1.54, 1.807) is 11.5 Å². The van der Waals surface area contributed by atoms with Gasteiger partial charge in [0.2, 0.25) is 5.91 Å². The number of carboxylic acid groups (broad SMARTS) is 1. The maximum atomic E-state index is 11.9. The predicted molar refractivity (Wildman–Crippen MR) is 68.5 cm³/mol. The van der Waals surface area contributed by atoms with Crippen molar-refractivity contribution in [2.75, 3.05) is 13.1 Å². The number of carboxylic acids is 1. The summed E-state index contributed by atoms with van der Waals surface area (Å²) in [6.07, 6.45) is 1.37. The van der Waals surface area contributed by atoms with Gasteiger partial charge < -0.3 is 15.0 Å². The van der Waals surface area contributed by atoms with Gasteiger partial charge in [0, 0.05) is 12.7 Å². The Kier molecular flexibility index (Phi) is 5.22. The predicted octanol–water partition coefficient (Wildman–Crippen LogP) is -1.31. The van der Waals surface area contributed by atoms with E-state index >= 15 is 0 Å². The second-order valence-corrected chi connectivity index (χ2v) is 5.62. The first-order valence-electron chi connectivity index (χ1n) is 5.78. The molecule has 0 aliphatic carbocycles. The van der Waals surface area contributed by atoms with E-state index in [1.807, 2.05) is 12.2 Å². The van der Waals surface area contributed by atoms with E-state index in [0.717, 1.165) is 0 Å². The number of aliphatic carboxylic acids is 1. The van der Waals surface area contributed by atoms with Crippen LogP contribution in [0.5, 0.6) is 0 Å². The minimum Gasteiger partial charge on any atom is -0.480 e. The first-order valence-corrected chi connectivity index (χ1v) is 7.26. The molecule has 1 amide bonds. The summed E-state index contributed by atoms with van der Waals surface area (Å²) in [7, 11) is -3.90. The molecule has 0 spiro atoms. The summed E-state index contributed by atoms with van der Waals surface area (Å²) in [4.78, 5) is 25.4.